The number of imidazole rings is 2. The van der Waals surface area contributed by atoms with Crippen LogP contribution >= 0.6 is 0 Å². The third kappa shape index (κ3) is 29.9. The van der Waals surface area contributed by atoms with Crippen molar-refractivity contribution >= 4 is 124 Å². The minimum absolute atomic E-state index is 0.0359. The number of nitrogens with one attached hydrogen (secondary N) is 19. The summed E-state index contributed by atoms with van der Waals surface area (Å²) in [7, 11) is 0. The van der Waals surface area contributed by atoms with Crippen molar-refractivity contribution in [3.8, 4) is 23.0 Å². The van der Waals surface area contributed by atoms with E-state index in [-0.39, 0.29) is 113 Å². The first-order valence-corrected chi connectivity index (χ1v) is 42.0. The number of fused-ring (bicyclic) bond motifs is 6. The van der Waals surface area contributed by atoms with Crippen LogP contribution in [0, 0.1) is 17.2 Å². The molecule has 14 atom stereocenters. The lowest BCUT2D eigenvalue weighted by atomic mass is 9.77. The second-order valence-electron chi connectivity index (χ2n) is 31.9. The first-order valence-electron chi connectivity index (χ1n) is 42.0. The molecule has 0 unspecified atom stereocenters. The number of amides is 17. The molecule has 0 bridgehead atoms. The van der Waals surface area contributed by atoms with Crippen molar-refractivity contribution in [1.82, 2.24) is 105 Å². The molecule has 718 valence electrons. The van der Waals surface area contributed by atoms with Crippen LogP contribution in [0.3, 0.4) is 0 Å². The number of carbonyl (C=O) groups is 20. The molecule has 50 heteroatoms. The van der Waals surface area contributed by atoms with Gasteiger partial charge in [-0.05, 0) is 115 Å². The average molecular weight is 1860 g/mol. The van der Waals surface area contributed by atoms with Gasteiger partial charge in [-0.2, -0.15) is 0 Å². The molecule has 0 saturated carbocycles. The van der Waals surface area contributed by atoms with Gasteiger partial charge < -0.3 is 142 Å². The number of aliphatic carboxylic acids is 2. The molecule has 2 aliphatic heterocycles. The molecule has 29 N–H and O–H groups in total. The van der Waals surface area contributed by atoms with E-state index in [1.165, 1.54) is 114 Å². The number of aromatic hydroxyl groups is 2. The zero-order valence-electron chi connectivity index (χ0n) is 73.8. The van der Waals surface area contributed by atoms with Gasteiger partial charge in [-0.3, -0.25) is 91.7 Å². The van der Waals surface area contributed by atoms with Crippen LogP contribution < -0.4 is 107 Å². The minimum atomic E-state index is -1.90. The Morgan fingerprint density at radius 1 is 0.459 bits per heavy atom. The van der Waals surface area contributed by atoms with Crippen LogP contribution in [-0.4, -0.2) is 263 Å². The zero-order valence-corrected chi connectivity index (χ0v) is 73.8. The SMILES string of the molecule is CC[C@H](C)[C@H](NC(=O)CNC(=O)[C@H](C)NC(=O)[C@H](Cc1c[nH]cn1)NC(=O)[C@H](C)NC(=O)[C@H](C)NC(=O)[C@H](Cc1c[nH]cn1)NC(=O)[C@@H](NC(=O)[C@H](C)NC(=O)[C@H](CCC(N)=O)NC(=O)c1ccc2c(c1)C1(OC2=O)c2ccc(O)cc2Oc2cc(O)ccc21)C(C)C)C(=O)N[C@@H](CC(N)=O)C(=O)N[C@@H](CCC(=O)O)C(=O)N[C@@H](C)C(=O)NCC(=O)N[C@@H](CCCNC(=N)N)C(=O)O. The first-order chi connectivity index (χ1) is 62.7. The molecule has 17 amide bonds. The van der Waals surface area contributed by atoms with E-state index in [9.17, 15) is 116 Å². The molecule has 0 aliphatic carbocycles. The summed E-state index contributed by atoms with van der Waals surface area (Å²) in [6, 6.07) is -7.94. The number of aromatic amines is 2. The van der Waals surface area contributed by atoms with E-state index in [0.717, 1.165) is 6.92 Å². The number of nitrogens with zero attached hydrogens (tertiary/aromatic N) is 2. The molecular formula is C83H110N24O26. The number of carboxylic acid groups (broad SMARTS) is 2. The Morgan fingerprint density at radius 2 is 0.902 bits per heavy atom. The molecular weight excluding hydrogens is 1750 g/mol. The Kier molecular flexibility index (Phi) is 37.6. The van der Waals surface area contributed by atoms with Crippen molar-refractivity contribution in [2.24, 2.45) is 29.0 Å². The van der Waals surface area contributed by atoms with E-state index in [4.69, 9.17) is 32.1 Å². The van der Waals surface area contributed by atoms with E-state index < -0.39 is 253 Å². The fourth-order valence-electron chi connectivity index (χ4n) is 13.7. The molecule has 50 nitrogen and oxygen atoms in total. The number of phenols is 2. The Morgan fingerprint density at radius 3 is 1.38 bits per heavy atom. The van der Waals surface area contributed by atoms with Crippen molar-refractivity contribution in [1.29, 1.82) is 5.41 Å². The second kappa shape index (κ2) is 48.0. The van der Waals surface area contributed by atoms with Crippen LogP contribution in [0.4, 0.5) is 0 Å². The van der Waals surface area contributed by atoms with Gasteiger partial charge in [-0.1, -0.05) is 34.1 Å². The van der Waals surface area contributed by atoms with E-state index in [2.05, 4.69) is 105 Å². The first kappa shape index (κ1) is 104. The second-order valence-corrected chi connectivity index (χ2v) is 31.9. The highest BCUT2D eigenvalue weighted by Crippen LogP contribution is 2.57. The van der Waals surface area contributed by atoms with Gasteiger partial charge in [0.1, 0.15) is 102 Å². The van der Waals surface area contributed by atoms with Crippen molar-refractivity contribution in [3.63, 3.8) is 0 Å². The number of phenolic OH excluding ortho intramolecular Hbond substituents is 2. The molecule has 0 saturated heterocycles. The fourth-order valence-corrected chi connectivity index (χ4v) is 13.7. The predicted octanol–water partition coefficient (Wildman–Crippen LogP) is -6.10. The number of esters is 1. The summed E-state index contributed by atoms with van der Waals surface area (Å²) in [6.07, 6.45) is 1.88. The van der Waals surface area contributed by atoms with Gasteiger partial charge in [0.15, 0.2) is 11.6 Å². The molecule has 2 aromatic heterocycles. The van der Waals surface area contributed by atoms with Gasteiger partial charge in [0, 0.05) is 79.0 Å². The summed E-state index contributed by atoms with van der Waals surface area (Å²) in [4.78, 5) is 282. The van der Waals surface area contributed by atoms with Crippen LogP contribution in [0.5, 0.6) is 23.0 Å². The van der Waals surface area contributed by atoms with E-state index in [1.54, 1.807) is 20.8 Å². The predicted molar refractivity (Wildman–Crippen MR) is 462 cm³/mol. The zero-order chi connectivity index (χ0) is 98.6. The number of benzene rings is 3. The van der Waals surface area contributed by atoms with Crippen LogP contribution in [0.2, 0.25) is 0 Å². The highest BCUT2D eigenvalue weighted by Gasteiger charge is 2.54. The van der Waals surface area contributed by atoms with E-state index >= 15 is 0 Å². The summed E-state index contributed by atoms with van der Waals surface area (Å²) in [6.45, 7) is 10.8. The number of carboxylic acids is 2. The summed E-state index contributed by atoms with van der Waals surface area (Å²) < 4.78 is 12.1. The topological polar surface area (TPSA) is 793 Å². The standard InChI is InChI=1S/C83H110N24O26/c1-10-37(4)66(79(128)105-57(29-61(85)111)77(126)102-53(20-22-64(114)115)74(123)96-38(5)67(116)91-32-62(112)100-54(80(129)130)12-11-23-90-82(86)87)106-63(113)33-92-68(117)39(6)97-75(124)55(25-44-30-88-34-93-44)103-70(119)41(8)95-69(118)40(7)99-76(125)56(26-45-31-89-35-94-45)104-78(127)65(36(2)3)107-71(120)42(9)98-73(122)52(19-21-60(84)110)101-72(121)43-13-16-48-51(24-43)83(133-81(48)131)49-17-14-46(108)27-58(49)132-59-28-47(109)15-18-50(59)83/h13-18,24,27-28,30-31,34-42,52-57,65-66,108-109H,10-12,19-23,25-26,29,32-33H2,1-9H3,(H2,84,110)(H2,85,111)(H,88,93)(H,89,94)(H,91,116)(H,92,117)(H,95,118)(H,96,123)(H,97,124)(H,98,122)(H,99,125)(H,100,112)(H,101,121)(H,102,126)(H,103,119)(H,104,127)(H,105,128)(H,106,113)(H,107,120)(H,114,115)(H,129,130)(H4,86,87,90)/t37-,38-,39-,40-,41-,42-,52-,53-,54-,55-,56-,57-,65-,66-/m0/s1. The van der Waals surface area contributed by atoms with Crippen molar-refractivity contribution in [2.75, 3.05) is 19.6 Å². The number of guanidine groups is 1. The lowest BCUT2D eigenvalue weighted by molar-refractivity contribution is -0.142. The molecule has 3 aromatic carbocycles. The molecule has 0 radical (unpaired) electrons. The summed E-state index contributed by atoms with van der Waals surface area (Å²) in [5.74, 6) is -22.9. The van der Waals surface area contributed by atoms with Crippen LogP contribution in [-0.2, 0) is 109 Å². The van der Waals surface area contributed by atoms with Gasteiger partial charge in [0.25, 0.3) is 5.91 Å². The number of aromatic nitrogens is 4. The molecule has 4 heterocycles. The number of hydrogen-bond donors (Lipinski definition) is 26. The van der Waals surface area contributed by atoms with Crippen LogP contribution in [0.15, 0.2) is 79.6 Å². The number of nitrogens with two attached hydrogens (primary N) is 3. The normalized spacial score (nSPS) is 15.1. The Labute approximate surface area is 758 Å². The van der Waals surface area contributed by atoms with Crippen molar-refractivity contribution in [2.45, 2.75) is 211 Å². The molecule has 133 heavy (non-hydrogen) atoms. The van der Waals surface area contributed by atoms with E-state index in [1.807, 2.05) is 0 Å². The monoisotopic (exact) mass is 1860 g/mol. The summed E-state index contributed by atoms with van der Waals surface area (Å²) in [5.41, 5.74) is 15.4. The highest BCUT2D eigenvalue weighted by atomic mass is 16.6. The van der Waals surface area contributed by atoms with Crippen molar-refractivity contribution in [3.05, 3.63) is 119 Å². The quantitative estimate of drug-likeness (QED) is 0.00746. The Bertz CT molecular complexity index is 5150. The lowest BCUT2D eigenvalue weighted by Gasteiger charge is -2.36. The number of rotatable bonds is 50. The van der Waals surface area contributed by atoms with Gasteiger partial charge in [-0.25, -0.2) is 19.6 Å². The largest absolute Gasteiger partial charge is 0.508 e. The maximum absolute atomic E-state index is 14.3. The highest BCUT2D eigenvalue weighted by molar-refractivity contribution is 6.04. The van der Waals surface area contributed by atoms with Gasteiger partial charge in [-0.15, -0.1) is 0 Å². The van der Waals surface area contributed by atoms with Crippen molar-refractivity contribution < 1.29 is 126 Å². The molecule has 2 aliphatic rings. The fraction of sp³-hybridized carbons (Fsp3) is 0.458. The summed E-state index contributed by atoms with van der Waals surface area (Å²) in [5, 5.41) is 85.5. The Balaban J connectivity index is 0.917. The maximum Gasteiger partial charge on any atom is 0.340 e. The maximum atomic E-state index is 14.3. The number of ether oxygens (including phenoxy) is 2. The van der Waals surface area contributed by atoms with Gasteiger partial charge >= 0.3 is 17.9 Å². The molecule has 0 fully saturated rings. The smallest absolute Gasteiger partial charge is 0.340 e. The lowest BCUT2D eigenvalue weighted by Crippen LogP contribution is -2.60. The van der Waals surface area contributed by atoms with Crippen LogP contribution in [0.25, 0.3) is 0 Å². The number of carbonyl (C=O) groups excluding carboxylic acids is 18. The number of primary amides is 2. The Hall–Kier alpha value is -15.9. The third-order valence-electron chi connectivity index (χ3n) is 21.1. The molecule has 1 spiro atoms. The minimum Gasteiger partial charge on any atom is -0.508 e. The number of hydrogen-bond acceptors (Lipinski definition) is 27. The molecule has 7 rings (SSSR count). The van der Waals surface area contributed by atoms with Gasteiger partial charge in [0.05, 0.1) is 49.1 Å². The van der Waals surface area contributed by atoms with Gasteiger partial charge in [0.2, 0.25) is 94.5 Å². The average Bonchev–Trinajstić information content (AvgIpc) is 1.55. The van der Waals surface area contributed by atoms with E-state index in [0.29, 0.717) is 0 Å². The summed E-state index contributed by atoms with van der Waals surface area (Å²) >= 11 is 0. The molecule has 5 aromatic rings. The number of H-pyrrole nitrogens is 2. The van der Waals surface area contributed by atoms with Crippen LogP contribution in [0.1, 0.15) is 162 Å². The third-order valence-corrected chi connectivity index (χ3v) is 21.1.